The summed E-state index contributed by atoms with van der Waals surface area (Å²) in [5.74, 6) is -17.8. The summed E-state index contributed by atoms with van der Waals surface area (Å²) in [5.41, 5.74) is -0.746. The number of unbranched alkanes of at least 4 members (excludes halogenated alkanes) is 1. The number of likely N-dealkylation sites (N-methyl/N-ethyl adjacent to an activating group) is 1. The number of alkyl halides is 3. The first-order chi connectivity index (χ1) is 57.6. The summed E-state index contributed by atoms with van der Waals surface area (Å²) in [6, 6.07) is 1.88. The molecule has 7 aliphatic rings. The van der Waals surface area contributed by atoms with Gasteiger partial charge in [-0.25, -0.2) is 14.2 Å². The van der Waals surface area contributed by atoms with Crippen LogP contribution in [0.4, 0.5) is 23.2 Å². The number of phenolic OH excluding ortho intramolecular Hbond substituents is 3. The zero-order chi connectivity index (χ0) is 88.6. The molecular formula is C80H86Cl3F4N11O24. The number of nitrogens with two attached hydrogens (primary N) is 1. The summed E-state index contributed by atoms with van der Waals surface area (Å²) in [4.78, 5) is 121. The summed E-state index contributed by atoms with van der Waals surface area (Å²) in [6.07, 6.45) is -24.0. The van der Waals surface area contributed by atoms with Gasteiger partial charge in [0.25, 0.3) is 0 Å². The summed E-state index contributed by atoms with van der Waals surface area (Å²) in [5, 5.41) is 139. The fourth-order valence-electron chi connectivity index (χ4n) is 15.0. The van der Waals surface area contributed by atoms with Gasteiger partial charge in [-0.15, -0.1) is 0 Å². The van der Waals surface area contributed by atoms with Crippen molar-refractivity contribution in [2.24, 2.45) is 11.7 Å². The maximum absolute atomic E-state index is 16.2. The number of anilines is 1. The second-order valence-electron chi connectivity index (χ2n) is 30.5. The second kappa shape index (κ2) is 37.1. The third kappa shape index (κ3) is 19.5. The quantitative estimate of drug-likeness (QED) is 0.0353. The van der Waals surface area contributed by atoms with E-state index in [4.69, 9.17) is 69.0 Å². The van der Waals surface area contributed by atoms with Gasteiger partial charge in [0.2, 0.25) is 53.4 Å². The number of carboxylic acid groups (broad SMARTS) is 1. The summed E-state index contributed by atoms with van der Waals surface area (Å²) < 4.78 is 96.3. The number of primary amides is 1. The number of aromatic hydroxyl groups is 3. The maximum atomic E-state index is 16.2. The number of aromatic nitrogens is 1. The number of aliphatic carboxylic acids is 1. The lowest BCUT2D eigenvalue weighted by Gasteiger charge is -2.48. The van der Waals surface area contributed by atoms with Crippen LogP contribution in [0, 0.1) is 11.7 Å². The zero-order valence-electron chi connectivity index (χ0n) is 65.1. The van der Waals surface area contributed by atoms with Gasteiger partial charge in [-0.1, -0.05) is 66.8 Å². The van der Waals surface area contributed by atoms with Gasteiger partial charge in [0.05, 0.1) is 46.3 Å². The fraction of sp³-hybridized carbons (Fsp3) is 0.412. The molecule has 14 rings (SSSR count). The Morgan fingerprint density at radius 1 is 0.713 bits per heavy atom. The molecule has 0 radical (unpaired) electrons. The predicted octanol–water partition coefficient (Wildman–Crippen LogP) is 4.99. The van der Waals surface area contributed by atoms with Crippen LogP contribution in [0.25, 0.3) is 22.0 Å². The number of carboxylic acids is 1. The van der Waals surface area contributed by atoms with Crippen molar-refractivity contribution in [2.45, 2.75) is 175 Å². The molecule has 654 valence electrons. The average molecular weight is 1770 g/mol. The molecule has 2 saturated heterocycles. The number of rotatable bonds is 20. The van der Waals surface area contributed by atoms with Crippen molar-refractivity contribution in [1.29, 1.82) is 0 Å². The van der Waals surface area contributed by atoms with Crippen molar-refractivity contribution in [2.75, 3.05) is 32.1 Å². The van der Waals surface area contributed by atoms with E-state index in [-0.39, 0.29) is 60.5 Å². The molecule has 7 amide bonds. The third-order valence-corrected chi connectivity index (χ3v) is 22.2. The molecule has 1 aromatic heterocycles. The van der Waals surface area contributed by atoms with E-state index < -0.39 is 282 Å². The molecule has 6 aromatic carbocycles. The van der Waals surface area contributed by atoms with Gasteiger partial charge in [0.1, 0.15) is 101 Å². The Morgan fingerprint density at radius 2 is 1.34 bits per heavy atom. The molecule has 0 aliphatic carbocycles. The number of aliphatic hydroxyl groups excluding tert-OH is 6. The van der Waals surface area contributed by atoms with Gasteiger partial charge < -0.3 is 133 Å². The Labute approximate surface area is 705 Å². The van der Waals surface area contributed by atoms with E-state index in [0.29, 0.717) is 6.42 Å². The largest absolute Gasteiger partial charge is 0.508 e. The Kier molecular flexibility index (Phi) is 27.5. The highest BCUT2D eigenvalue weighted by atomic mass is 35.5. The molecule has 35 nitrogen and oxygen atoms in total. The lowest BCUT2D eigenvalue weighted by molar-refractivity contribution is -0.334. The van der Waals surface area contributed by atoms with E-state index in [0.717, 1.165) is 78.9 Å². The van der Waals surface area contributed by atoms with Crippen molar-refractivity contribution < 1.29 is 135 Å². The molecule has 2 fully saturated rings. The molecule has 122 heavy (non-hydrogen) atoms. The van der Waals surface area contributed by atoms with Gasteiger partial charge in [-0.2, -0.15) is 13.2 Å². The molecule has 0 saturated carbocycles. The van der Waals surface area contributed by atoms with Gasteiger partial charge in [-0.05, 0) is 148 Å². The van der Waals surface area contributed by atoms with E-state index in [1.165, 1.54) is 32.2 Å². The number of nitrogens with zero attached hydrogens (tertiary/aromatic N) is 1. The number of fused-ring (bicyclic) bond motifs is 16. The van der Waals surface area contributed by atoms with Gasteiger partial charge in [-0.3, -0.25) is 33.6 Å². The van der Waals surface area contributed by atoms with E-state index in [2.05, 4.69) is 52.8 Å². The minimum absolute atomic E-state index is 0.0254. The van der Waals surface area contributed by atoms with Crippen molar-refractivity contribution in [3.05, 3.63) is 151 Å². The van der Waals surface area contributed by atoms with Gasteiger partial charge >= 0.3 is 12.1 Å². The maximum Gasteiger partial charge on any atom is 0.433 e. The normalized spacial score (nSPS) is 26.6. The number of ether oxygens (including phenoxy) is 6. The highest BCUT2D eigenvalue weighted by Gasteiger charge is 2.52. The third-order valence-electron chi connectivity index (χ3n) is 21.3. The van der Waals surface area contributed by atoms with Crippen LogP contribution in [0.5, 0.6) is 46.0 Å². The minimum atomic E-state index is -4.95. The first-order valence-corrected chi connectivity index (χ1v) is 39.3. The van der Waals surface area contributed by atoms with Crippen molar-refractivity contribution >= 4 is 98.7 Å². The van der Waals surface area contributed by atoms with Crippen LogP contribution in [-0.2, 0) is 58.7 Å². The number of nitrogens with one attached hydrogen (secondary N) is 9. The summed E-state index contributed by atoms with van der Waals surface area (Å²) in [7, 11) is 1.45. The van der Waals surface area contributed by atoms with Crippen molar-refractivity contribution in [3.63, 3.8) is 0 Å². The number of hydrogen-bond donors (Lipinski definition) is 20. The molecule has 21 N–H and O–H groups in total. The molecular weight excluding hydrogens is 1680 g/mol. The fourth-order valence-corrected chi connectivity index (χ4v) is 15.6. The van der Waals surface area contributed by atoms with E-state index in [9.17, 15) is 88.2 Å². The Bertz CT molecular complexity index is 5220. The van der Waals surface area contributed by atoms with Crippen LogP contribution in [0.2, 0.25) is 15.1 Å². The number of phenols is 3. The van der Waals surface area contributed by atoms with Crippen LogP contribution in [-0.4, -0.2) is 209 Å². The number of halogens is 7. The molecule has 7 aliphatic heterocycles. The second-order valence-corrected chi connectivity index (χ2v) is 31.7. The predicted molar refractivity (Wildman–Crippen MR) is 423 cm³/mol. The molecule has 18 atom stereocenters. The summed E-state index contributed by atoms with van der Waals surface area (Å²) in [6.45, 7) is 5.81. The van der Waals surface area contributed by atoms with E-state index >= 15 is 18.8 Å². The number of hydrogen-bond acceptors (Lipinski definition) is 27. The smallest absolute Gasteiger partial charge is 0.433 e. The first kappa shape index (κ1) is 90.5. The SMILES string of the molecule is CN[C@H](CC(C)C)C(=O)N[C@H]1C(=O)N[C@@H](CC(N)=O)C(=O)N[C@H]2C(=O)N[C@H]3C(=O)N[C@H](C(=O)N[C@H](C(=O)O)c4cc(O)cc(O)c4-c4cc3ccc4O)[C@H](O)c3ccc(c(Cl)c3)Oc3cc2cc(c3O[C@@H]2O[C@H](CO)[C@@H](O)[C@H](O)[C@H]2O[C@H]2C[C@](C)(NCCCCNc3cc(C(F)(F)F)nc4c(F)c(Cl)ccc34)[C@H](O)[C@H](C)O2)Oc2ccc(cc2Cl)[C@H]1O. The van der Waals surface area contributed by atoms with Crippen LogP contribution in [0.3, 0.4) is 0 Å². The van der Waals surface area contributed by atoms with Crippen LogP contribution in [0.1, 0.15) is 124 Å². The number of carbonyl (C=O) groups is 8. The zero-order valence-corrected chi connectivity index (χ0v) is 67.4. The monoisotopic (exact) mass is 1770 g/mol. The van der Waals surface area contributed by atoms with Crippen LogP contribution >= 0.6 is 34.8 Å². The highest BCUT2D eigenvalue weighted by Crippen LogP contribution is 2.50. The van der Waals surface area contributed by atoms with Crippen molar-refractivity contribution in [1.82, 2.24) is 47.5 Å². The van der Waals surface area contributed by atoms with Crippen LogP contribution < -0.4 is 67.8 Å². The Morgan fingerprint density at radius 3 is 1.97 bits per heavy atom. The number of amides is 7. The van der Waals surface area contributed by atoms with Crippen LogP contribution in [0.15, 0.2) is 97.1 Å². The topological polar surface area (TPSA) is 541 Å². The molecule has 0 unspecified atom stereocenters. The first-order valence-electron chi connectivity index (χ1n) is 38.2. The number of carbonyl (C=O) groups excluding carboxylic acids is 7. The molecule has 11 bridgehead atoms. The molecule has 42 heteroatoms. The standard InChI is InChI=1S/C80H86Cl3F4N11O24/c1-30(2)18-44(89-5)71(109)97-62-64(104)33-9-14-48(41(82)20-33)118-50-22-35-23-51(68(50)122-78-69(67(107)66(106)52(29-99)120-78)121-55-28-79(4,70(108)31(3)117-55)91-17-7-6-16-90-43-26-53(80(85,86)87)93-60-37(43)11-12-40(81)57(60)84)119-49-15-10-34(21-42(49)83)65(105)63-76(114)96-61(77(115)116)39-24-36(100)25-47(102)56(39)38-19-32(8-13-46(38)101)58(73(111)98-63)95-74(112)59(35)94-72(110)45(27-54(88)103)92-75(62)113/h8-15,19-26,30-31,44-45,52,55,58-59,61-67,69-70,78,89,91,99-102,104-108H,6-7,16-18,27-29H2,1-5H3,(H2,88,103)(H,90,93)(H,92,113)(H,94,110)(H,95,112)(H,96,114)(H,97,109)(H,98,111)(H,115,116)/t31-,44+,45-,52+,55-,58+,59+,61-,62+,63-,64+,65+,66+,67-,69+,70+,78-,79-/m0/s1. The lowest BCUT2D eigenvalue weighted by atomic mass is 9.85. The Balaban J connectivity index is 0.991. The van der Waals surface area contributed by atoms with Crippen molar-refractivity contribution in [3.8, 4) is 57.1 Å². The highest BCUT2D eigenvalue weighted by molar-refractivity contribution is 6.32. The molecule has 7 aromatic rings. The number of aliphatic hydroxyl groups is 6. The van der Waals surface area contributed by atoms with Gasteiger partial charge in [0, 0.05) is 52.3 Å². The molecule has 8 heterocycles. The number of benzene rings is 6. The number of pyridine rings is 1. The average Bonchev–Trinajstić information content (AvgIpc) is 0.761. The summed E-state index contributed by atoms with van der Waals surface area (Å²) >= 11 is 20.2. The van der Waals surface area contributed by atoms with Gasteiger partial charge in [0.15, 0.2) is 35.8 Å². The molecule has 0 spiro atoms. The minimum Gasteiger partial charge on any atom is -0.508 e. The Hall–Kier alpha value is -10.8. The van der Waals surface area contributed by atoms with E-state index in [1.807, 2.05) is 0 Å². The lowest BCUT2D eigenvalue weighted by Crippen LogP contribution is -2.65. The van der Waals surface area contributed by atoms with E-state index in [1.54, 1.807) is 20.8 Å².